The summed E-state index contributed by atoms with van der Waals surface area (Å²) < 4.78 is 5.42. The lowest BCUT2D eigenvalue weighted by atomic mass is 9.81. The number of nitrogens with zero attached hydrogens (tertiary/aromatic N) is 1. The number of aliphatic carboxylic acids is 1. The average molecular weight is 277 g/mol. The number of para-hydroxylation sites is 1. The van der Waals surface area contributed by atoms with Crippen molar-refractivity contribution in [2.45, 2.75) is 38.6 Å². The van der Waals surface area contributed by atoms with Gasteiger partial charge < -0.3 is 14.7 Å². The predicted molar refractivity (Wildman–Crippen MR) is 79.3 cm³/mol. The molecule has 0 aromatic heterocycles. The molecule has 1 heterocycles. The van der Waals surface area contributed by atoms with E-state index < -0.39 is 5.97 Å². The monoisotopic (exact) mass is 277 g/mol. The number of hydrogen-bond acceptors (Lipinski definition) is 3. The minimum atomic E-state index is -0.814. The average Bonchev–Trinajstić information content (AvgIpc) is 2.59. The van der Waals surface area contributed by atoms with Crippen LogP contribution in [0.3, 0.4) is 0 Å². The van der Waals surface area contributed by atoms with Gasteiger partial charge in [0.25, 0.3) is 0 Å². The summed E-state index contributed by atoms with van der Waals surface area (Å²) in [4.78, 5) is 12.8. The quantitative estimate of drug-likeness (QED) is 0.812. The van der Waals surface area contributed by atoms with Crippen LogP contribution in [-0.4, -0.2) is 36.9 Å². The van der Waals surface area contributed by atoms with Crippen LogP contribution in [0, 0.1) is 0 Å². The van der Waals surface area contributed by atoms with Crippen molar-refractivity contribution in [2.75, 3.05) is 24.7 Å². The first-order valence-electron chi connectivity index (χ1n) is 7.10. The van der Waals surface area contributed by atoms with Crippen LogP contribution in [0.5, 0.6) is 0 Å². The Hall–Kier alpha value is -1.55. The molecule has 0 radical (unpaired) electrons. The molecule has 1 aromatic rings. The first-order chi connectivity index (χ1) is 9.44. The molecule has 1 aliphatic rings. The van der Waals surface area contributed by atoms with Crippen LogP contribution in [-0.2, 0) is 14.9 Å². The molecule has 4 heteroatoms. The van der Waals surface area contributed by atoms with Crippen molar-refractivity contribution in [3.63, 3.8) is 0 Å². The molecule has 2 rings (SSSR count). The highest BCUT2D eigenvalue weighted by Crippen LogP contribution is 2.44. The number of hydrogen-bond donors (Lipinski definition) is 1. The lowest BCUT2D eigenvalue weighted by Crippen LogP contribution is -2.40. The first kappa shape index (κ1) is 14.9. The summed E-state index contributed by atoms with van der Waals surface area (Å²) in [6.07, 6.45) is 0.0671. The van der Waals surface area contributed by atoms with Gasteiger partial charge in [0.2, 0.25) is 0 Å². The molecule has 0 amide bonds. The van der Waals surface area contributed by atoms with Crippen molar-refractivity contribution >= 4 is 11.7 Å². The lowest BCUT2D eigenvalue weighted by molar-refractivity contribution is -0.138. The molecule has 20 heavy (non-hydrogen) atoms. The second-order valence-electron chi connectivity index (χ2n) is 5.86. The van der Waals surface area contributed by atoms with Gasteiger partial charge in [-0.3, -0.25) is 4.79 Å². The van der Waals surface area contributed by atoms with E-state index in [4.69, 9.17) is 9.84 Å². The summed E-state index contributed by atoms with van der Waals surface area (Å²) in [5, 5.41) is 8.57. The topological polar surface area (TPSA) is 49.8 Å². The SMILES string of the molecule is CC1N(CCOCCC(=O)O)c2ccccc2C1(C)C. The Kier molecular flexibility index (Phi) is 4.33. The molecule has 0 saturated carbocycles. The Balaban J connectivity index is 1.97. The van der Waals surface area contributed by atoms with Crippen LogP contribution in [0.25, 0.3) is 0 Å². The van der Waals surface area contributed by atoms with Gasteiger partial charge in [-0.2, -0.15) is 0 Å². The van der Waals surface area contributed by atoms with E-state index in [0.29, 0.717) is 12.6 Å². The van der Waals surface area contributed by atoms with Crippen molar-refractivity contribution in [2.24, 2.45) is 0 Å². The number of carboxylic acid groups (broad SMARTS) is 1. The van der Waals surface area contributed by atoms with E-state index in [1.165, 1.54) is 11.3 Å². The molecule has 1 N–H and O–H groups in total. The Bertz CT molecular complexity index is 484. The zero-order valence-electron chi connectivity index (χ0n) is 12.4. The molecule has 1 atom stereocenters. The van der Waals surface area contributed by atoms with E-state index in [-0.39, 0.29) is 18.4 Å². The fourth-order valence-electron chi connectivity index (χ4n) is 2.83. The Morgan fingerprint density at radius 1 is 1.35 bits per heavy atom. The van der Waals surface area contributed by atoms with Gasteiger partial charge in [-0.1, -0.05) is 32.0 Å². The van der Waals surface area contributed by atoms with E-state index in [2.05, 4.69) is 49.9 Å². The van der Waals surface area contributed by atoms with Gasteiger partial charge in [0.1, 0.15) is 0 Å². The third-order valence-corrected chi connectivity index (χ3v) is 4.36. The predicted octanol–water partition coefficient (Wildman–Crippen LogP) is 2.66. The third kappa shape index (κ3) is 2.80. The van der Waals surface area contributed by atoms with E-state index in [1.807, 2.05) is 0 Å². The summed E-state index contributed by atoms with van der Waals surface area (Å²) >= 11 is 0. The number of ether oxygens (including phenoxy) is 1. The molecule has 1 unspecified atom stereocenters. The minimum absolute atomic E-state index is 0.0671. The molecule has 0 saturated heterocycles. The van der Waals surface area contributed by atoms with Gasteiger partial charge in [-0.25, -0.2) is 0 Å². The third-order valence-electron chi connectivity index (χ3n) is 4.36. The summed E-state index contributed by atoms with van der Waals surface area (Å²) in [5.74, 6) is -0.814. The van der Waals surface area contributed by atoms with Crippen molar-refractivity contribution < 1.29 is 14.6 Å². The summed E-state index contributed by atoms with van der Waals surface area (Å²) in [6.45, 7) is 8.40. The highest BCUT2D eigenvalue weighted by atomic mass is 16.5. The molecular weight excluding hydrogens is 254 g/mol. The fraction of sp³-hybridized carbons (Fsp3) is 0.562. The number of carbonyl (C=O) groups is 1. The van der Waals surface area contributed by atoms with Gasteiger partial charge >= 0.3 is 5.97 Å². The highest BCUT2D eigenvalue weighted by molar-refractivity contribution is 5.66. The van der Waals surface area contributed by atoms with E-state index in [0.717, 1.165) is 6.54 Å². The molecule has 110 valence electrons. The largest absolute Gasteiger partial charge is 0.481 e. The summed E-state index contributed by atoms with van der Waals surface area (Å²) in [6, 6.07) is 8.89. The Morgan fingerprint density at radius 3 is 2.75 bits per heavy atom. The van der Waals surface area contributed by atoms with Gasteiger partial charge in [0.15, 0.2) is 0 Å². The number of fused-ring (bicyclic) bond motifs is 1. The summed E-state index contributed by atoms with van der Waals surface area (Å²) in [5.41, 5.74) is 2.77. The van der Waals surface area contributed by atoms with Crippen LogP contribution in [0.4, 0.5) is 5.69 Å². The van der Waals surface area contributed by atoms with E-state index in [9.17, 15) is 4.79 Å². The standard InChI is InChI=1S/C16H23NO3/c1-12-16(2,3)13-6-4-5-7-14(13)17(12)9-11-20-10-8-15(18)19/h4-7,12H,8-11H2,1-3H3,(H,18,19). The molecular formula is C16H23NO3. The molecule has 4 nitrogen and oxygen atoms in total. The Morgan fingerprint density at radius 2 is 2.05 bits per heavy atom. The molecule has 0 spiro atoms. The van der Waals surface area contributed by atoms with Gasteiger partial charge in [-0.15, -0.1) is 0 Å². The first-order valence-corrected chi connectivity index (χ1v) is 7.10. The van der Waals surface area contributed by atoms with Crippen LogP contribution >= 0.6 is 0 Å². The van der Waals surface area contributed by atoms with Crippen molar-refractivity contribution in [1.29, 1.82) is 0 Å². The zero-order chi connectivity index (χ0) is 14.8. The summed E-state index contributed by atoms with van der Waals surface area (Å²) in [7, 11) is 0. The number of benzene rings is 1. The van der Waals surface area contributed by atoms with Crippen LogP contribution < -0.4 is 4.90 Å². The highest BCUT2D eigenvalue weighted by Gasteiger charge is 2.41. The van der Waals surface area contributed by atoms with Gasteiger partial charge in [0, 0.05) is 23.7 Å². The number of carboxylic acids is 1. The minimum Gasteiger partial charge on any atom is -0.481 e. The van der Waals surface area contributed by atoms with Crippen molar-refractivity contribution in [1.82, 2.24) is 0 Å². The molecule has 0 fully saturated rings. The van der Waals surface area contributed by atoms with E-state index >= 15 is 0 Å². The maximum Gasteiger partial charge on any atom is 0.305 e. The van der Waals surface area contributed by atoms with Crippen molar-refractivity contribution in [3.8, 4) is 0 Å². The molecule has 0 aliphatic carbocycles. The lowest BCUT2D eigenvalue weighted by Gasteiger charge is -2.31. The normalized spacial score (nSPS) is 19.9. The molecule has 1 aliphatic heterocycles. The smallest absolute Gasteiger partial charge is 0.305 e. The second-order valence-corrected chi connectivity index (χ2v) is 5.86. The van der Waals surface area contributed by atoms with Crippen LogP contribution in [0.1, 0.15) is 32.8 Å². The number of anilines is 1. The second kappa shape index (κ2) is 5.83. The molecule has 0 bridgehead atoms. The zero-order valence-corrected chi connectivity index (χ0v) is 12.4. The molecule has 1 aromatic carbocycles. The number of rotatable bonds is 6. The van der Waals surface area contributed by atoms with Crippen LogP contribution in [0.15, 0.2) is 24.3 Å². The van der Waals surface area contributed by atoms with E-state index in [1.54, 1.807) is 0 Å². The van der Waals surface area contributed by atoms with Crippen molar-refractivity contribution in [3.05, 3.63) is 29.8 Å². The van der Waals surface area contributed by atoms with Gasteiger partial charge in [-0.05, 0) is 18.6 Å². The Labute approximate surface area is 120 Å². The maximum atomic E-state index is 10.4. The van der Waals surface area contributed by atoms with Crippen LogP contribution in [0.2, 0.25) is 0 Å². The fourth-order valence-corrected chi connectivity index (χ4v) is 2.83. The maximum absolute atomic E-state index is 10.4. The van der Waals surface area contributed by atoms with Gasteiger partial charge in [0.05, 0.1) is 19.6 Å².